The molecule has 2 heterocycles. The van der Waals surface area contributed by atoms with Crippen molar-refractivity contribution in [3.8, 4) is 0 Å². The maximum Gasteiger partial charge on any atom is 0.191 e. The first-order valence-electron chi connectivity index (χ1n) is 6.81. The molecule has 0 amide bonds. The summed E-state index contributed by atoms with van der Waals surface area (Å²) in [6.07, 6.45) is 7.74. The van der Waals surface area contributed by atoms with Crippen molar-refractivity contribution in [3.05, 3.63) is 17.5 Å². The van der Waals surface area contributed by atoms with E-state index in [0.29, 0.717) is 0 Å². The second-order valence-corrected chi connectivity index (χ2v) is 4.91. The number of piperidine rings is 1. The average molecular weight is 377 g/mol. The molecule has 0 bridgehead atoms. The molecule has 0 aliphatic carbocycles. The fourth-order valence-corrected chi connectivity index (χ4v) is 2.31. The normalized spacial score (nSPS) is 16.3. The van der Waals surface area contributed by atoms with Gasteiger partial charge in [-0.15, -0.1) is 24.0 Å². The molecular formula is C13H24IN5. The zero-order chi connectivity index (χ0) is 12.8. The van der Waals surface area contributed by atoms with Crippen molar-refractivity contribution in [3.63, 3.8) is 0 Å². The molecule has 1 aliphatic heterocycles. The van der Waals surface area contributed by atoms with E-state index in [4.69, 9.17) is 5.73 Å². The molecule has 0 spiro atoms. The minimum absolute atomic E-state index is 0. The van der Waals surface area contributed by atoms with Crippen molar-refractivity contribution in [2.45, 2.75) is 39.0 Å². The minimum Gasteiger partial charge on any atom is -0.370 e. The number of aromatic amines is 1. The van der Waals surface area contributed by atoms with Gasteiger partial charge in [-0.05, 0) is 44.6 Å². The van der Waals surface area contributed by atoms with Gasteiger partial charge in [0.1, 0.15) is 0 Å². The predicted octanol–water partition coefficient (Wildman–Crippen LogP) is 2.07. The van der Waals surface area contributed by atoms with Crippen LogP contribution >= 0.6 is 24.0 Å². The van der Waals surface area contributed by atoms with Crippen molar-refractivity contribution in [1.29, 1.82) is 0 Å². The maximum atomic E-state index is 6.00. The van der Waals surface area contributed by atoms with Crippen LogP contribution in [0.3, 0.4) is 0 Å². The first-order chi connectivity index (χ1) is 8.77. The standard InChI is InChI=1S/C13H23N5.HI/c1-11-12(10-16-17-11)6-5-7-15-13(14)18-8-3-2-4-9-18;/h10H,2-9H2,1H3,(H2,14,15)(H,16,17);1H. The highest BCUT2D eigenvalue weighted by Crippen LogP contribution is 2.08. The molecule has 1 aliphatic rings. The van der Waals surface area contributed by atoms with E-state index in [-0.39, 0.29) is 24.0 Å². The molecule has 0 unspecified atom stereocenters. The fraction of sp³-hybridized carbons (Fsp3) is 0.692. The molecule has 0 radical (unpaired) electrons. The lowest BCUT2D eigenvalue weighted by atomic mass is 10.1. The zero-order valence-corrected chi connectivity index (χ0v) is 13.9. The fourth-order valence-electron chi connectivity index (χ4n) is 2.31. The number of nitrogens with zero attached hydrogens (tertiary/aromatic N) is 3. The lowest BCUT2D eigenvalue weighted by molar-refractivity contribution is 0.338. The maximum absolute atomic E-state index is 6.00. The summed E-state index contributed by atoms with van der Waals surface area (Å²) in [5.74, 6) is 0.721. The summed E-state index contributed by atoms with van der Waals surface area (Å²) < 4.78 is 0. The third-order valence-corrected chi connectivity index (χ3v) is 3.49. The smallest absolute Gasteiger partial charge is 0.191 e. The zero-order valence-electron chi connectivity index (χ0n) is 11.6. The van der Waals surface area contributed by atoms with Crippen LogP contribution in [0.4, 0.5) is 0 Å². The Hall–Kier alpha value is -0.790. The quantitative estimate of drug-likeness (QED) is 0.365. The van der Waals surface area contributed by atoms with E-state index >= 15 is 0 Å². The van der Waals surface area contributed by atoms with Crippen molar-refractivity contribution in [1.82, 2.24) is 15.1 Å². The highest BCUT2D eigenvalue weighted by Gasteiger charge is 2.11. The Bertz CT molecular complexity index is 395. The lowest BCUT2D eigenvalue weighted by Gasteiger charge is -2.27. The summed E-state index contributed by atoms with van der Waals surface area (Å²) in [4.78, 5) is 6.67. The van der Waals surface area contributed by atoms with E-state index in [9.17, 15) is 0 Å². The largest absolute Gasteiger partial charge is 0.370 e. The van der Waals surface area contributed by atoms with Crippen LogP contribution in [0, 0.1) is 6.92 Å². The topological polar surface area (TPSA) is 70.3 Å². The number of likely N-dealkylation sites (tertiary alicyclic amines) is 1. The van der Waals surface area contributed by atoms with E-state index < -0.39 is 0 Å². The predicted molar refractivity (Wildman–Crippen MR) is 89.0 cm³/mol. The SMILES string of the molecule is Cc1[nH]ncc1CCCN=C(N)N1CCCCC1.I. The van der Waals surface area contributed by atoms with Crippen molar-refractivity contribution in [2.24, 2.45) is 10.7 Å². The molecule has 5 nitrogen and oxygen atoms in total. The molecule has 1 fully saturated rings. The minimum atomic E-state index is 0. The Morgan fingerprint density at radius 1 is 1.42 bits per heavy atom. The van der Waals surface area contributed by atoms with Gasteiger partial charge < -0.3 is 10.6 Å². The van der Waals surface area contributed by atoms with Gasteiger partial charge in [-0.2, -0.15) is 5.10 Å². The molecule has 6 heteroatoms. The molecule has 19 heavy (non-hydrogen) atoms. The average Bonchev–Trinajstić information content (AvgIpc) is 2.81. The summed E-state index contributed by atoms with van der Waals surface area (Å²) >= 11 is 0. The molecule has 0 atom stereocenters. The van der Waals surface area contributed by atoms with Crippen molar-refractivity contribution in [2.75, 3.05) is 19.6 Å². The Balaban J connectivity index is 0.00000180. The Morgan fingerprint density at radius 3 is 2.79 bits per heavy atom. The highest BCUT2D eigenvalue weighted by atomic mass is 127. The molecule has 0 aromatic carbocycles. The van der Waals surface area contributed by atoms with Crippen LogP contribution in [0.25, 0.3) is 0 Å². The van der Waals surface area contributed by atoms with E-state index in [1.54, 1.807) is 0 Å². The van der Waals surface area contributed by atoms with Crippen LogP contribution < -0.4 is 5.73 Å². The van der Waals surface area contributed by atoms with Crippen LogP contribution in [0.1, 0.15) is 36.9 Å². The molecule has 108 valence electrons. The van der Waals surface area contributed by atoms with Crippen molar-refractivity contribution < 1.29 is 0 Å². The van der Waals surface area contributed by atoms with Gasteiger partial charge in [0.25, 0.3) is 0 Å². The molecular weight excluding hydrogens is 353 g/mol. The molecule has 1 saturated heterocycles. The number of rotatable bonds is 4. The second-order valence-electron chi connectivity index (χ2n) is 4.91. The number of nitrogens with two attached hydrogens (primary N) is 1. The van der Waals surface area contributed by atoms with Gasteiger partial charge in [-0.25, -0.2) is 0 Å². The summed E-state index contributed by atoms with van der Waals surface area (Å²) in [6, 6.07) is 0. The van der Waals surface area contributed by atoms with E-state index in [0.717, 1.165) is 44.1 Å². The number of aryl methyl sites for hydroxylation is 2. The Labute approximate surface area is 132 Å². The molecule has 0 saturated carbocycles. The third kappa shape index (κ3) is 5.00. The second kappa shape index (κ2) is 8.39. The summed E-state index contributed by atoms with van der Waals surface area (Å²) in [5, 5.41) is 6.97. The van der Waals surface area contributed by atoms with Crippen LogP contribution in [-0.2, 0) is 6.42 Å². The van der Waals surface area contributed by atoms with Crippen LogP contribution in [-0.4, -0.2) is 40.7 Å². The first kappa shape index (κ1) is 16.3. The lowest BCUT2D eigenvalue weighted by Crippen LogP contribution is -2.40. The first-order valence-corrected chi connectivity index (χ1v) is 6.81. The van der Waals surface area contributed by atoms with Crippen LogP contribution in [0.15, 0.2) is 11.2 Å². The molecule has 1 aromatic heterocycles. The Morgan fingerprint density at radius 2 is 2.16 bits per heavy atom. The third-order valence-electron chi connectivity index (χ3n) is 3.49. The van der Waals surface area contributed by atoms with Gasteiger partial charge in [0.2, 0.25) is 0 Å². The van der Waals surface area contributed by atoms with Gasteiger partial charge in [0.15, 0.2) is 5.96 Å². The van der Waals surface area contributed by atoms with E-state index in [1.807, 2.05) is 13.1 Å². The van der Waals surface area contributed by atoms with Crippen LogP contribution in [0.2, 0.25) is 0 Å². The van der Waals surface area contributed by atoms with Gasteiger partial charge in [0, 0.05) is 25.3 Å². The molecule has 3 N–H and O–H groups in total. The van der Waals surface area contributed by atoms with Crippen LogP contribution in [0.5, 0.6) is 0 Å². The number of halogens is 1. The monoisotopic (exact) mass is 377 g/mol. The summed E-state index contributed by atoms with van der Waals surface area (Å²) in [7, 11) is 0. The summed E-state index contributed by atoms with van der Waals surface area (Å²) in [6.45, 7) is 4.98. The number of H-pyrrole nitrogens is 1. The van der Waals surface area contributed by atoms with E-state index in [2.05, 4.69) is 20.1 Å². The summed E-state index contributed by atoms with van der Waals surface area (Å²) in [5.41, 5.74) is 8.43. The molecule has 2 rings (SSSR count). The van der Waals surface area contributed by atoms with Gasteiger partial charge in [-0.3, -0.25) is 10.1 Å². The number of aromatic nitrogens is 2. The Kier molecular flexibility index (Phi) is 7.19. The highest BCUT2D eigenvalue weighted by molar-refractivity contribution is 14.0. The van der Waals surface area contributed by atoms with E-state index in [1.165, 1.54) is 24.8 Å². The van der Waals surface area contributed by atoms with Crippen molar-refractivity contribution >= 4 is 29.9 Å². The van der Waals surface area contributed by atoms with Gasteiger partial charge in [-0.1, -0.05) is 0 Å². The van der Waals surface area contributed by atoms with Gasteiger partial charge in [0.05, 0.1) is 6.20 Å². The molecule has 1 aromatic rings. The number of nitrogens with one attached hydrogen (secondary N) is 1. The van der Waals surface area contributed by atoms with Gasteiger partial charge >= 0.3 is 0 Å². The number of hydrogen-bond acceptors (Lipinski definition) is 2. The number of guanidine groups is 1. The number of aliphatic imine (C=N–C) groups is 1. The number of hydrogen-bond donors (Lipinski definition) is 2.